The van der Waals surface area contributed by atoms with E-state index in [1.54, 1.807) is 24.3 Å². The average molecular weight is 570 g/mol. The van der Waals surface area contributed by atoms with E-state index in [1.807, 2.05) is 0 Å². The molecule has 0 radical (unpaired) electrons. The predicted octanol–water partition coefficient (Wildman–Crippen LogP) is 2.60. The molecule has 208 valence electrons. The van der Waals surface area contributed by atoms with Gasteiger partial charge in [-0.05, 0) is 42.0 Å². The van der Waals surface area contributed by atoms with E-state index in [0.717, 1.165) is 26.0 Å². The van der Waals surface area contributed by atoms with Crippen molar-refractivity contribution in [2.75, 3.05) is 18.1 Å². The van der Waals surface area contributed by atoms with Crippen LogP contribution in [0.2, 0.25) is 0 Å². The predicted molar refractivity (Wildman–Crippen MR) is 128 cm³/mol. The van der Waals surface area contributed by atoms with Crippen molar-refractivity contribution in [1.82, 2.24) is 0 Å². The van der Waals surface area contributed by atoms with Crippen molar-refractivity contribution >= 4 is 33.7 Å². The summed E-state index contributed by atoms with van der Waals surface area (Å²) in [6, 6.07) is 10.7. The molecule has 0 spiro atoms. The Balaban J connectivity index is 1.73. The van der Waals surface area contributed by atoms with Gasteiger partial charge in [-0.15, -0.1) is 0 Å². The normalized spacial score (nSPS) is 15.5. The quantitative estimate of drug-likeness (QED) is 0.167. The first-order valence-corrected chi connectivity index (χ1v) is 12.6. The average Bonchev–Trinajstić information content (AvgIpc) is 2.84. The van der Waals surface area contributed by atoms with Gasteiger partial charge >= 0.3 is 27.6 Å². The van der Waals surface area contributed by atoms with E-state index in [1.165, 1.54) is 17.0 Å². The van der Waals surface area contributed by atoms with Crippen LogP contribution in [0.25, 0.3) is 0 Å². The molecule has 2 aromatic carbocycles. The monoisotopic (exact) mass is 569 g/mol. The summed E-state index contributed by atoms with van der Waals surface area (Å²) in [6.45, 7) is 1.25. The van der Waals surface area contributed by atoms with Gasteiger partial charge in [-0.25, -0.2) is 0 Å². The Kier molecular flexibility index (Phi) is 8.57. The molecule has 1 atom stereocenters. The number of carbonyl (C=O) groups is 3. The molecular weight excluding hydrogens is 547 g/mol. The van der Waals surface area contributed by atoms with Gasteiger partial charge in [-0.1, -0.05) is 24.0 Å². The maximum Gasteiger partial charge on any atom is 0.534 e. The first kappa shape index (κ1) is 29.5. The number of hydrogen-bond acceptors (Lipinski definition) is 9. The van der Waals surface area contributed by atoms with Crippen LogP contribution in [0.5, 0.6) is 5.75 Å². The zero-order valence-electron chi connectivity index (χ0n) is 20.5. The van der Waals surface area contributed by atoms with Crippen LogP contribution in [0.4, 0.5) is 18.9 Å². The minimum absolute atomic E-state index is 0.149. The van der Waals surface area contributed by atoms with Crippen molar-refractivity contribution in [1.29, 1.82) is 0 Å². The van der Waals surface area contributed by atoms with Gasteiger partial charge in [0.05, 0.1) is 12.5 Å². The SMILES string of the molecule is CC(=O)OCC(O)(C#Cc1ccc(C2CC(=O)N2c2ccc(OS(=O)(=O)C(F)(F)F)cc2)cc1)COC(C)=O. The first-order valence-electron chi connectivity index (χ1n) is 11.2. The minimum atomic E-state index is -5.82. The molecule has 1 aliphatic rings. The number of benzene rings is 2. The number of esters is 2. The highest BCUT2D eigenvalue weighted by molar-refractivity contribution is 7.88. The highest BCUT2D eigenvalue weighted by Crippen LogP contribution is 2.39. The molecule has 1 aliphatic heterocycles. The Morgan fingerprint density at radius 1 is 1.00 bits per heavy atom. The van der Waals surface area contributed by atoms with E-state index in [4.69, 9.17) is 9.47 Å². The van der Waals surface area contributed by atoms with Gasteiger partial charge in [0.1, 0.15) is 19.0 Å². The Hall–Kier alpha value is -4.09. The molecule has 39 heavy (non-hydrogen) atoms. The summed E-state index contributed by atoms with van der Waals surface area (Å²) < 4.78 is 73.6. The second-order valence-electron chi connectivity index (χ2n) is 8.42. The van der Waals surface area contributed by atoms with E-state index >= 15 is 0 Å². The van der Waals surface area contributed by atoms with E-state index in [2.05, 4.69) is 16.0 Å². The van der Waals surface area contributed by atoms with Crippen molar-refractivity contribution < 1.29 is 54.7 Å². The summed E-state index contributed by atoms with van der Waals surface area (Å²) in [5.74, 6) is 3.11. The molecule has 0 saturated carbocycles. The molecule has 1 fully saturated rings. The first-order chi connectivity index (χ1) is 18.1. The number of ether oxygens (including phenoxy) is 2. The smallest absolute Gasteiger partial charge is 0.462 e. The Labute approximate surface area is 221 Å². The Bertz CT molecular complexity index is 1390. The number of β-lactam (4-membered cyclic amide) rings is 1. The maximum atomic E-state index is 12.5. The van der Waals surface area contributed by atoms with E-state index < -0.39 is 58.2 Å². The minimum Gasteiger partial charge on any atom is -0.462 e. The molecule has 1 N–H and O–H groups in total. The molecule has 10 nitrogen and oxygen atoms in total. The third-order valence-electron chi connectivity index (χ3n) is 5.32. The highest BCUT2D eigenvalue weighted by atomic mass is 32.2. The van der Waals surface area contributed by atoms with Crippen molar-refractivity contribution in [2.45, 2.75) is 37.4 Å². The van der Waals surface area contributed by atoms with Gasteiger partial charge in [0.25, 0.3) is 0 Å². The van der Waals surface area contributed by atoms with Crippen molar-refractivity contribution in [2.24, 2.45) is 0 Å². The molecule has 0 aliphatic carbocycles. The molecule has 0 bridgehead atoms. The van der Waals surface area contributed by atoms with Crippen LogP contribution in [0.3, 0.4) is 0 Å². The summed E-state index contributed by atoms with van der Waals surface area (Å²) >= 11 is 0. The van der Waals surface area contributed by atoms with Gasteiger partial charge in [-0.2, -0.15) is 21.6 Å². The standard InChI is InChI=1S/C25H22F3NO9S/c1-16(30)36-14-24(33,15-37-17(2)31)12-11-18-3-5-19(6-4-18)22-13-23(32)29(22)20-7-9-21(10-8-20)38-39(34,35)25(26,27)28/h3-10,22,33H,13-15H2,1-2H3. The Morgan fingerprint density at radius 2 is 1.54 bits per heavy atom. The number of anilines is 1. The second kappa shape index (κ2) is 11.3. The van der Waals surface area contributed by atoms with Gasteiger partial charge in [-0.3, -0.25) is 14.4 Å². The van der Waals surface area contributed by atoms with Crippen molar-refractivity contribution in [3.05, 3.63) is 59.7 Å². The number of aliphatic hydroxyl groups is 1. The van der Waals surface area contributed by atoms with E-state index in [0.29, 0.717) is 16.8 Å². The molecule has 2 aromatic rings. The van der Waals surface area contributed by atoms with Gasteiger partial charge in [0, 0.05) is 25.1 Å². The summed E-state index contributed by atoms with van der Waals surface area (Å²) in [5.41, 5.74) is -6.05. The van der Waals surface area contributed by atoms with Gasteiger partial charge in [0.15, 0.2) is 5.60 Å². The molecule has 3 rings (SSSR count). The third-order valence-corrected chi connectivity index (χ3v) is 6.29. The number of hydrogen-bond donors (Lipinski definition) is 1. The van der Waals surface area contributed by atoms with Crippen LogP contribution in [-0.2, 0) is 34.0 Å². The van der Waals surface area contributed by atoms with Gasteiger partial charge in [0.2, 0.25) is 5.91 Å². The van der Waals surface area contributed by atoms with E-state index in [9.17, 15) is 41.1 Å². The van der Waals surface area contributed by atoms with Crippen LogP contribution in [0, 0.1) is 11.8 Å². The summed E-state index contributed by atoms with van der Waals surface area (Å²) in [7, 11) is -5.82. The topological polar surface area (TPSA) is 137 Å². The molecule has 1 saturated heterocycles. The third kappa shape index (κ3) is 7.49. The molecule has 1 heterocycles. The Morgan fingerprint density at radius 3 is 2.00 bits per heavy atom. The lowest BCUT2D eigenvalue weighted by atomic mass is 9.92. The maximum absolute atomic E-state index is 12.5. The van der Waals surface area contributed by atoms with Crippen LogP contribution in [0.1, 0.15) is 37.4 Å². The fourth-order valence-electron chi connectivity index (χ4n) is 3.38. The lowest BCUT2D eigenvalue weighted by Crippen LogP contribution is -2.46. The number of halogens is 3. The van der Waals surface area contributed by atoms with Crippen molar-refractivity contribution in [3.8, 4) is 17.6 Å². The number of carbonyl (C=O) groups excluding carboxylic acids is 3. The van der Waals surface area contributed by atoms with Crippen LogP contribution < -0.4 is 9.08 Å². The molecule has 1 unspecified atom stereocenters. The van der Waals surface area contributed by atoms with Gasteiger partial charge < -0.3 is 23.7 Å². The van der Waals surface area contributed by atoms with Crippen LogP contribution >= 0.6 is 0 Å². The summed E-state index contributed by atoms with van der Waals surface area (Å²) in [4.78, 5) is 35.9. The van der Waals surface area contributed by atoms with Crippen molar-refractivity contribution in [3.63, 3.8) is 0 Å². The number of rotatable bonds is 8. The molecule has 14 heteroatoms. The molecular formula is C25H22F3NO9S. The fraction of sp³-hybridized carbons (Fsp3) is 0.320. The number of amides is 1. The zero-order valence-corrected chi connectivity index (χ0v) is 21.3. The van der Waals surface area contributed by atoms with E-state index in [-0.39, 0.29) is 12.3 Å². The highest BCUT2D eigenvalue weighted by Gasteiger charge is 2.48. The lowest BCUT2D eigenvalue weighted by Gasteiger charge is -2.40. The molecule has 1 amide bonds. The number of nitrogens with zero attached hydrogens (tertiary/aromatic N) is 1. The molecule has 0 aromatic heterocycles. The van der Waals surface area contributed by atoms with Crippen LogP contribution in [0.15, 0.2) is 48.5 Å². The largest absolute Gasteiger partial charge is 0.534 e. The number of alkyl halides is 3. The second-order valence-corrected chi connectivity index (χ2v) is 9.96. The van der Waals surface area contributed by atoms with Crippen LogP contribution in [-0.4, -0.2) is 55.7 Å². The summed E-state index contributed by atoms with van der Waals surface area (Å²) in [6.07, 6.45) is 0.149. The lowest BCUT2D eigenvalue weighted by molar-refractivity contribution is -0.154. The fourth-order valence-corrected chi connectivity index (χ4v) is 3.84. The summed E-state index contributed by atoms with van der Waals surface area (Å²) in [5, 5.41) is 10.6. The zero-order chi connectivity index (χ0) is 29.0.